The summed E-state index contributed by atoms with van der Waals surface area (Å²) in [5.74, 6) is 1.05. The molecule has 0 fully saturated rings. The van der Waals surface area contributed by atoms with Gasteiger partial charge in [0.05, 0.1) is 12.8 Å². The molecule has 4 rings (SSSR count). The van der Waals surface area contributed by atoms with Crippen LogP contribution in [0.4, 0.5) is 5.69 Å². The third-order valence-corrected chi connectivity index (χ3v) is 5.14. The molecule has 4 aromatic rings. The van der Waals surface area contributed by atoms with Crippen LogP contribution in [0, 0.1) is 0 Å². The highest BCUT2D eigenvalue weighted by Crippen LogP contribution is 2.25. The Morgan fingerprint density at radius 1 is 0.967 bits per heavy atom. The summed E-state index contributed by atoms with van der Waals surface area (Å²) in [5, 5.41) is 15.2. The molecular weight excluding hydrogens is 446 g/mol. The van der Waals surface area contributed by atoms with Crippen LogP contribution >= 0.6 is 15.9 Å². The molecule has 0 bridgehead atoms. The number of nitrogens with zero attached hydrogens (tertiary/aromatic N) is 4. The van der Waals surface area contributed by atoms with E-state index in [4.69, 9.17) is 4.74 Å². The summed E-state index contributed by atoms with van der Waals surface area (Å²) in [5.41, 5.74) is 3.67. The van der Waals surface area contributed by atoms with Crippen LogP contribution in [0.1, 0.15) is 0 Å². The Kier molecular flexibility index (Phi) is 5.85. The van der Waals surface area contributed by atoms with E-state index in [1.165, 1.54) is 4.80 Å². The number of nitrogens with one attached hydrogen (secondary N) is 1. The molecule has 150 valence electrons. The number of halogens is 1. The van der Waals surface area contributed by atoms with E-state index in [2.05, 4.69) is 36.7 Å². The number of carbonyl (C=O) groups excluding carboxylic acids is 1. The number of hydrogen-bond acceptors (Lipinski definition) is 5. The van der Waals surface area contributed by atoms with Gasteiger partial charge in [0.15, 0.2) is 0 Å². The van der Waals surface area contributed by atoms with E-state index in [1.807, 2.05) is 72.8 Å². The number of ether oxygens (including phenoxy) is 1. The topological polar surface area (TPSA) is 81.9 Å². The van der Waals surface area contributed by atoms with Crippen LogP contribution in [-0.2, 0) is 11.3 Å². The lowest BCUT2D eigenvalue weighted by atomic mass is 10.0. The van der Waals surface area contributed by atoms with Crippen LogP contribution in [0.2, 0.25) is 0 Å². The van der Waals surface area contributed by atoms with E-state index in [-0.39, 0.29) is 12.5 Å². The lowest BCUT2D eigenvalue weighted by Gasteiger charge is -2.06. The summed E-state index contributed by atoms with van der Waals surface area (Å²) in [4.78, 5) is 13.5. The number of benzene rings is 3. The van der Waals surface area contributed by atoms with Crippen molar-refractivity contribution in [2.75, 3.05) is 12.4 Å². The van der Waals surface area contributed by atoms with Gasteiger partial charge in [-0.25, -0.2) is 0 Å². The first-order valence-corrected chi connectivity index (χ1v) is 9.99. The fraction of sp³-hybridized carbons (Fsp3) is 0.0909. The van der Waals surface area contributed by atoms with E-state index in [1.54, 1.807) is 7.11 Å². The molecule has 0 aliphatic carbocycles. The largest absolute Gasteiger partial charge is 0.497 e. The van der Waals surface area contributed by atoms with Gasteiger partial charge in [-0.1, -0.05) is 48.5 Å². The van der Waals surface area contributed by atoms with Crippen molar-refractivity contribution in [2.24, 2.45) is 0 Å². The van der Waals surface area contributed by atoms with Crippen molar-refractivity contribution in [3.8, 4) is 28.3 Å². The predicted molar refractivity (Wildman–Crippen MR) is 118 cm³/mol. The minimum Gasteiger partial charge on any atom is -0.497 e. The van der Waals surface area contributed by atoms with Crippen LogP contribution in [-0.4, -0.2) is 33.2 Å². The molecule has 0 saturated carbocycles. The minimum atomic E-state index is -0.235. The van der Waals surface area contributed by atoms with E-state index in [9.17, 15) is 4.79 Å². The maximum Gasteiger partial charge on any atom is 0.248 e. The molecule has 0 unspecified atom stereocenters. The average molecular weight is 464 g/mol. The number of tetrazole rings is 1. The number of carbonyl (C=O) groups is 1. The van der Waals surface area contributed by atoms with Crippen molar-refractivity contribution in [1.29, 1.82) is 0 Å². The molecular formula is C22H18BrN5O2. The molecule has 7 nitrogen and oxygen atoms in total. The maximum absolute atomic E-state index is 12.3. The highest BCUT2D eigenvalue weighted by Gasteiger charge is 2.11. The Balaban J connectivity index is 1.43. The van der Waals surface area contributed by atoms with Gasteiger partial charge in [0, 0.05) is 10.0 Å². The number of para-hydroxylation sites is 1. The second-order valence-corrected chi connectivity index (χ2v) is 7.33. The quantitative estimate of drug-likeness (QED) is 0.457. The average Bonchev–Trinajstić information content (AvgIpc) is 3.24. The van der Waals surface area contributed by atoms with Crippen LogP contribution in [0.15, 0.2) is 77.3 Å². The van der Waals surface area contributed by atoms with Crippen molar-refractivity contribution in [1.82, 2.24) is 20.2 Å². The van der Waals surface area contributed by atoms with E-state index >= 15 is 0 Å². The Hall–Kier alpha value is -3.52. The summed E-state index contributed by atoms with van der Waals surface area (Å²) in [6, 6.07) is 23.1. The third-order valence-electron chi connectivity index (χ3n) is 4.45. The Bertz CT molecular complexity index is 1160. The molecule has 0 saturated heterocycles. The zero-order valence-corrected chi connectivity index (χ0v) is 17.7. The van der Waals surface area contributed by atoms with Crippen LogP contribution < -0.4 is 10.1 Å². The molecule has 1 N–H and O–H groups in total. The molecule has 1 aromatic heterocycles. The Labute approximate surface area is 181 Å². The SMILES string of the molecule is COc1ccc(-c2ccc(-c3nnn(CC(=O)Nc4ccccc4Br)n3)cc2)cc1. The predicted octanol–water partition coefficient (Wildman–Crippen LogP) is 4.42. The van der Waals surface area contributed by atoms with Gasteiger partial charge >= 0.3 is 0 Å². The van der Waals surface area contributed by atoms with Gasteiger partial charge < -0.3 is 10.1 Å². The zero-order chi connectivity index (χ0) is 20.9. The number of amides is 1. The second kappa shape index (κ2) is 8.87. The van der Waals surface area contributed by atoms with Crippen LogP contribution in [0.5, 0.6) is 5.75 Å². The fourth-order valence-electron chi connectivity index (χ4n) is 2.90. The molecule has 1 amide bonds. The lowest BCUT2D eigenvalue weighted by molar-refractivity contribution is -0.117. The number of methoxy groups -OCH3 is 1. The van der Waals surface area contributed by atoms with Crippen molar-refractivity contribution in [2.45, 2.75) is 6.54 Å². The molecule has 0 aliphatic rings. The summed E-state index contributed by atoms with van der Waals surface area (Å²) < 4.78 is 6.00. The second-order valence-electron chi connectivity index (χ2n) is 6.48. The molecule has 3 aromatic carbocycles. The van der Waals surface area contributed by atoms with Crippen molar-refractivity contribution < 1.29 is 9.53 Å². The Morgan fingerprint density at radius 2 is 1.60 bits per heavy atom. The molecule has 1 heterocycles. The van der Waals surface area contributed by atoms with Crippen LogP contribution in [0.3, 0.4) is 0 Å². The molecule has 0 atom stereocenters. The summed E-state index contributed by atoms with van der Waals surface area (Å²) in [6.45, 7) is -0.0295. The first-order chi connectivity index (χ1) is 14.6. The van der Waals surface area contributed by atoms with Gasteiger partial charge in [0.2, 0.25) is 11.7 Å². The lowest BCUT2D eigenvalue weighted by Crippen LogP contribution is -2.20. The first-order valence-electron chi connectivity index (χ1n) is 9.19. The normalized spacial score (nSPS) is 10.6. The maximum atomic E-state index is 12.3. The summed E-state index contributed by atoms with van der Waals surface area (Å²) in [7, 11) is 1.65. The number of aromatic nitrogens is 4. The highest BCUT2D eigenvalue weighted by molar-refractivity contribution is 9.10. The highest BCUT2D eigenvalue weighted by atomic mass is 79.9. The summed E-state index contributed by atoms with van der Waals surface area (Å²) >= 11 is 3.40. The minimum absolute atomic E-state index is 0.0295. The van der Waals surface area contributed by atoms with Crippen molar-refractivity contribution in [3.63, 3.8) is 0 Å². The van der Waals surface area contributed by atoms with Gasteiger partial charge in [0.1, 0.15) is 12.3 Å². The van der Waals surface area contributed by atoms with Gasteiger partial charge in [0.25, 0.3) is 0 Å². The first kappa shape index (κ1) is 19.8. The molecule has 30 heavy (non-hydrogen) atoms. The third kappa shape index (κ3) is 4.55. The molecule has 0 aliphatic heterocycles. The number of anilines is 1. The van der Waals surface area contributed by atoms with Crippen LogP contribution in [0.25, 0.3) is 22.5 Å². The monoisotopic (exact) mass is 463 g/mol. The van der Waals surface area contributed by atoms with Crippen molar-refractivity contribution >= 4 is 27.5 Å². The summed E-state index contributed by atoms with van der Waals surface area (Å²) in [6.07, 6.45) is 0. The van der Waals surface area contributed by atoms with Crippen molar-refractivity contribution in [3.05, 3.63) is 77.3 Å². The Morgan fingerprint density at radius 3 is 2.27 bits per heavy atom. The van der Waals surface area contributed by atoms with Gasteiger partial charge in [-0.2, -0.15) is 4.80 Å². The number of rotatable bonds is 6. The molecule has 8 heteroatoms. The van der Waals surface area contributed by atoms with Gasteiger partial charge in [-0.05, 0) is 56.5 Å². The molecule has 0 radical (unpaired) electrons. The smallest absolute Gasteiger partial charge is 0.248 e. The fourth-order valence-corrected chi connectivity index (χ4v) is 3.29. The molecule has 0 spiro atoms. The van der Waals surface area contributed by atoms with E-state index < -0.39 is 0 Å². The van der Waals surface area contributed by atoms with E-state index in [0.717, 1.165) is 26.9 Å². The zero-order valence-electron chi connectivity index (χ0n) is 16.1. The van der Waals surface area contributed by atoms with E-state index in [0.29, 0.717) is 11.5 Å². The standard InChI is InChI=1S/C22H18BrN5O2/c1-30-18-12-10-16(11-13-18)15-6-8-17(9-7-15)22-25-27-28(26-22)14-21(29)24-20-5-3-2-4-19(20)23/h2-13H,14H2,1H3,(H,24,29). The number of hydrogen-bond donors (Lipinski definition) is 1. The van der Waals surface area contributed by atoms with Gasteiger partial charge in [-0.15, -0.1) is 10.2 Å². The van der Waals surface area contributed by atoms with Gasteiger partial charge in [-0.3, -0.25) is 4.79 Å².